The molecule has 1 aromatic heterocycles. The van der Waals surface area contributed by atoms with E-state index in [1.54, 1.807) is 6.07 Å². The van der Waals surface area contributed by atoms with Gasteiger partial charge in [0.1, 0.15) is 5.69 Å². The predicted molar refractivity (Wildman–Crippen MR) is 57.4 cm³/mol. The zero-order valence-electron chi connectivity index (χ0n) is 9.05. The number of hydrogen-bond donors (Lipinski definition) is 0. The molecule has 0 aliphatic carbocycles. The maximum atomic E-state index is 12.4. The highest BCUT2D eigenvalue weighted by atomic mass is 35.5. The molecule has 0 fully saturated rings. The van der Waals surface area contributed by atoms with Gasteiger partial charge in [0.15, 0.2) is 0 Å². The number of nitrogens with zero attached hydrogens (tertiary/aromatic N) is 1. The molecule has 0 N–H and O–H groups in total. The third-order valence-corrected chi connectivity index (χ3v) is 2.88. The maximum absolute atomic E-state index is 12.4. The van der Waals surface area contributed by atoms with Crippen molar-refractivity contribution in [1.82, 2.24) is 4.98 Å². The summed E-state index contributed by atoms with van der Waals surface area (Å²) < 4.78 is 37.1. The molecule has 1 rings (SSSR count). The van der Waals surface area contributed by atoms with Gasteiger partial charge in [0.2, 0.25) is 0 Å². The second-order valence-electron chi connectivity index (χ2n) is 3.98. The first-order valence-corrected chi connectivity index (χ1v) is 5.41. The molecule has 0 saturated carbocycles. The van der Waals surface area contributed by atoms with Crippen molar-refractivity contribution in [1.29, 1.82) is 0 Å². The van der Waals surface area contributed by atoms with E-state index in [0.717, 1.165) is 6.07 Å². The number of aromatic nitrogens is 1. The summed E-state index contributed by atoms with van der Waals surface area (Å²) in [6, 6.07) is 3.88. The summed E-state index contributed by atoms with van der Waals surface area (Å²) in [5.74, 6) is 0.206. The van der Waals surface area contributed by atoms with Gasteiger partial charge in [0.25, 0.3) is 0 Å². The summed E-state index contributed by atoms with van der Waals surface area (Å²) in [5, 5.41) is -0.198. The van der Waals surface area contributed by atoms with E-state index < -0.39 is 11.9 Å². The van der Waals surface area contributed by atoms with E-state index in [-0.39, 0.29) is 11.3 Å². The zero-order valence-corrected chi connectivity index (χ0v) is 9.81. The second-order valence-corrected chi connectivity index (χ2v) is 4.54. The number of hydrogen-bond acceptors (Lipinski definition) is 1. The van der Waals surface area contributed by atoms with Crippen molar-refractivity contribution >= 4 is 11.6 Å². The van der Waals surface area contributed by atoms with Crippen LogP contribution in [0.4, 0.5) is 13.2 Å². The quantitative estimate of drug-likeness (QED) is 0.743. The summed E-state index contributed by atoms with van der Waals surface area (Å²) in [6.45, 7) is 3.84. The van der Waals surface area contributed by atoms with Crippen LogP contribution >= 0.6 is 11.6 Å². The average Bonchev–Trinajstić information content (AvgIpc) is 2.16. The molecule has 0 amide bonds. The standard InChI is InChI=1S/C11H13ClF3N/c1-7(2)9(12)6-8-4-3-5-10(16-8)11(13,14)15/h3-5,7,9H,6H2,1-2H3. The van der Waals surface area contributed by atoms with Gasteiger partial charge in [-0.15, -0.1) is 11.6 Å². The monoisotopic (exact) mass is 251 g/mol. The van der Waals surface area contributed by atoms with Crippen molar-refractivity contribution in [3.8, 4) is 0 Å². The molecule has 5 heteroatoms. The number of halogens is 4. The summed E-state index contributed by atoms with van der Waals surface area (Å²) in [7, 11) is 0. The van der Waals surface area contributed by atoms with Crippen molar-refractivity contribution in [3.63, 3.8) is 0 Å². The third-order valence-electron chi connectivity index (χ3n) is 2.22. The second kappa shape index (κ2) is 5.04. The lowest BCUT2D eigenvalue weighted by molar-refractivity contribution is -0.141. The van der Waals surface area contributed by atoms with Gasteiger partial charge in [-0.05, 0) is 18.1 Å². The molecule has 0 aliphatic heterocycles. The Kier molecular flexibility index (Phi) is 4.19. The van der Waals surface area contributed by atoms with Gasteiger partial charge < -0.3 is 0 Å². The fourth-order valence-corrected chi connectivity index (χ4v) is 1.34. The van der Waals surface area contributed by atoms with Crippen molar-refractivity contribution in [2.75, 3.05) is 0 Å². The molecule has 1 aromatic rings. The first-order chi connectivity index (χ1) is 7.30. The van der Waals surface area contributed by atoms with Gasteiger partial charge in [-0.3, -0.25) is 0 Å². The van der Waals surface area contributed by atoms with Gasteiger partial charge in [-0.25, -0.2) is 4.98 Å². The van der Waals surface area contributed by atoms with Crippen LogP contribution in [-0.4, -0.2) is 10.4 Å². The van der Waals surface area contributed by atoms with E-state index in [9.17, 15) is 13.2 Å². The Morgan fingerprint density at radius 3 is 2.44 bits per heavy atom. The highest BCUT2D eigenvalue weighted by Gasteiger charge is 2.32. The number of rotatable bonds is 3. The van der Waals surface area contributed by atoms with Crippen molar-refractivity contribution in [2.45, 2.75) is 31.8 Å². The van der Waals surface area contributed by atoms with Crippen LogP contribution in [0.2, 0.25) is 0 Å². The lowest BCUT2D eigenvalue weighted by Crippen LogP contribution is -2.14. The maximum Gasteiger partial charge on any atom is 0.433 e. The van der Waals surface area contributed by atoms with Crippen molar-refractivity contribution in [3.05, 3.63) is 29.6 Å². The summed E-state index contributed by atoms with van der Waals surface area (Å²) in [5.41, 5.74) is -0.485. The van der Waals surface area contributed by atoms with Crippen molar-refractivity contribution in [2.24, 2.45) is 5.92 Å². The third kappa shape index (κ3) is 3.67. The summed E-state index contributed by atoms with van der Waals surface area (Å²) >= 11 is 6.00. The normalized spacial score (nSPS) is 14.2. The molecule has 1 atom stereocenters. The zero-order chi connectivity index (χ0) is 12.3. The van der Waals surface area contributed by atoms with E-state index in [1.807, 2.05) is 13.8 Å². The van der Waals surface area contributed by atoms with Crippen LogP contribution in [0.15, 0.2) is 18.2 Å². The topological polar surface area (TPSA) is 12.9 Å². The smallest absolute Gasteiger partial charge is 0.248 e. The van der Waals surface area contributed by atoms with Crippen LogP contribution in [0, 0.1) is 5.92 Å². The highest BCUT2D eigenvalue weighted by molar-refractivity contribution is 6.20. The van der Waals surface area contributed by atoms with Crippen molar-refractivity contribution < 1.29 is 13.2 Å². The molecule has 0 radical (unpaired) electrons. The minimum absolute atomic E-state index is 0.198. The molecule has 0 aromatic carbocycles. The predicted octanol–water partition coefficient (Wildman–Crippen LogP) is 3.91. The lowest BCUT2D eigenvalue weighted by atomic mass is 10.1. The van der Waals surface area contributed by atoms with Gasteiger partial charge in [0, 0.05) is 17.5 Å². The van der Waals surface area contributed by atoms with E-state index in [2.05, 4.69) is 4.98 Å². The first kappa shape index (κ1) is 13.3. The van der Waals surface area contributed by atoms with E-state index >= 15 is 0 Å². The lowest BCUT2D eigenvalue weighted by Gasteiger charge is -2.13. The summed E-state index contributed by atoms with van der Waals surface area (Å²) in [4.78, 5) is 3.56. The molecule has 0 spiro atoms. The Balaban J connectivity index is 2.83. The Hall–Kier alpha value is -0.770. The molecule has 1 heterocycles. The Morgan fingerprint density at radius 2 is 1.94 bits per heavy atom. The minimum Gasteiger partial charge on any atom is -0.248 e. The molecule has 0 aliphatic rings. The van der Waals surface area contributed by atoms with Gasteiger partial charge in [0.05, 0.1) is 0 Å². The Labute approximate surface area is 97.6 Å². The van der Waals surface area contributed by atoms with Crippen LogP contribution in [-0.2, 0) is 12.6 Å². The summed E-state index contributed by atoms with van der Waals surface area (Å²) in [6.07, 6.45) is -4.04. The molecular weight excluding hydrogens is 239 g/mol. The van der Waals surface area contributed by atoms with E-state index in [0.29, 0.717) is 12.1 Å². The molecular formula is C11H13ClF3N. The molecule has 16 heavy (non-hydrogen) atoms. The fraction of sp³-hybridized carbons (Fsp3) is 0.545. The van der Waals surface area contributed by atoms with E-state index in [1.165, 1.54) is 6.07 Å². The molecule has 0 bridgehead atoms. The molecule has 0 saturated heterocycles. The van der Waals surface area contributed by atoms with Crippen LogP contribution in [0.25, 0.3) is 0 Å². The molecule has 1 nitrogen and oxygen atoms in total. The average molecular weight is 252 g/mol. The fourth-order valence-electron chi connectivity index (χ4n) is 1.19. The SMILES string of the molecule is CC(C)C(Cl)Cc1cccc(C(F)(F)F)n1. The Morgan fingerprint density at radius 1 is 1.31 bits per heavy atom. The largest absolute Gasteiger partial charge is 0.433 e. The van der Waals surface area contributed by atoms with Crippen LogP contribution in [0.3, 0.4) is 0 Å². The Bertz CT molecular complexity index is 349. The van der Waals surface area contributed by atoms with Gasteiger partial charge in [-0.1, -0.05) is 19.9 Å². The minimum atomic E-state index is -4.39. The molecule has 90 valence electrons. The number of alkyl halides is 4. The van der Waals surface area contributed by atoms with Gasteiger partial charge in [-0.2, -0.15) is 13.2 Å². The number of pyridine rings is 1. The van der Waals surface area contributed by atoms with Crippen LogP contribution in [0.1, 0.15) is 25.2 Å². The first-order valence-electron chi connectivity index (χ1n) is 4.98. The highest BCUT2D eigenvalue weighted by Crippen LogP contribution is 2.27. The molecule has 1 unspecified atom stereocenters. The van der Waals surface area contributed by atoms with Gasteiger partial charge >= 0.3 is 6.18 Å². The van der Waals surface area contributed by atoms with Crippen LogP contribution in [0.5, 0.6) is 0 Å². The van der Waals surface area contributed by atoms with Crippen LogP contribution < -0.4 is 0 Å². The van der Waals surface area contributed by atoms with E-state index in [4.69, 9.17) is 11.6 Å².